The van der Waals surface area contributed by atoms with Crippen molar-refractivity contribution < 1.29 is 23.5 Å². The number of carbonyl (C=O) groups is 2. The molecule has 0 atom stereocenters. The van der Waals surface area contributed by atoms with Crippen LogP contribution in [-0.2, 0) is 27.5 Å². The first-order chi connectivity index (χ1) is 16.3. The summed E-state index contributed by atoms with van der Waals surface area (Å²) in [5.74, 6) is 0.559. The minimum absolute atomic E-state index is 0.0563. The highest BCUT2D eigenvalue weighted by atomic mass is 16.5. The standard InChI is InChI=1S/C26H34N2O6/c1-4-32-26(31)7-5-6-25(30)28-10-8-27(9-11-28)16-22-15-23(29)24(18-33-22)34-17-21-13-19(2)12-20(3)14-21/h12-15,18H,4-11,16-17H2,1-3H3. The highest BCUT2D eigenvalue weighted by molar-refractivity contribution is 5.77. The van der Waals surface area contributed by atoms with Gasteiger partial charge in [-0.3, -0.25) is 19.3 Å². The van der Waals surface area contributed by atoms with Crippen LogP contribution in [0.3, 0.4) is 0 Å². The highest BCUT2D eigenvalue weighted by Crippen LogP contribution is 2.15. The Morgan fingerprint density at radius 3 is 2.35 bits per heavy atom. The van der Waals surface area contributed by atoms with E-state index in [9.17, 15) is 14.4 Å². The Labute approximate surface area is 200 Å². The second-order valence-corrected chi connectivity index (χ2v) is 8.68. The van der Waals surface area contributed by atoms with Gasteiger partial charge in [0, 0.05) is 45.1 Å². The van der Waals surface area contributed by atoms with Gasteiger partial charge in [-0.05, 0) is 32.8 Å². The molecule has 184 valence electrons. The topological polar surface area (TPSA) is 89.3 Å². The molecule has 1 aromatic heterocycles. The molecule has 1 aromatic carbocycles. The van der Waals surface area contributed by atoms with Crippen LogP contribution in [0.1, 0.15) is 48.6 Å². The zero-order chi connectivity index (χ0) is 24.5. The summed E-state index contributed by atoms with van der Waals surface area (Å²) < 4.78 is 16.2. The van der Waals surface area contributed by atoms with Crippen LogP contribution in [0.25, 0.3) is 0 Å². The van der Waals surface area contributed by atoms with E-state index in [4.69, 9.17) is 13.9 Å². The van der Waals surface area contributed by atoms with Crippen LogP contribution in [0.15, 0.2) is 39.7 Å². The van der Waals surface area contributed by atoms with Crippen molar-refractivity contribution in [2.24, 2.45) is 0 Å². The Bertz CT molecular complexity index is 1020. The van der Waals surface area contributed by atoms with Crippen LogP contribution in [-0.4, -0.2) is 54.5 Å². The summed E-state index contributed by atoms with van der Waals surface area (Å²) in [4.78, 5) is 40.2. The van der Waals surface area contributed by atoms with Gasteiger partial charge in [-0.25, -0.2) is 0 Å². The van der Waals surface area contributed by atoms with Crippen LogP contribution in [0.2, 0.25) is 0 Å². The van der Waals surface area contributed by atoms with Crippen molar-refractivity contribution in [3.05, 3.63) is 63.2 Å². The number of rotatable bonds is 10. The molecule has 1 amide bonds. The predicted molar refractivity (Wildman–Crippen MR) is 128 cm³/mol. The number of esters is 1. The van der Waals surface area contributed by atoms with E-state index in [1.54, 1.807) is 6.92 Å². The summed E-state index contributed by atoms with van der Waals surface area (Å²) in [5.41, 5.74) is 3.11. The van der Waals surface area contributed by atoms with Crippen LogP contribution >= 0.6 is 0 Å². The largest absolute Gasteiger partial charge is 0.482 e. The average Bonchev–Trinajstić information content (AvgIpc) is 2.78. The Balaban J connectivity index is 1.43. The van der Waals surface area contributed by atoms with Gasteiger partial charge in [0.2, 0.25) is 17.1 Å². The van der Waals surface area contributed by atoms with Gasteiger partial charge in [0.25, 0.3) is 0 Å². The first-order valence-corrected chi connectivity index (χ1v) is 11.8. The number of nitrogens with zero attached hydrogens (tertiary/aromatic N) is 2. The number of piperazine rings is 1. The molecule has 1 aliphatic heterocycles. The lowest BCUT2D eigenvalue weighted by atomic mass is 10.1. The quantitative estimate of drug-likeness (QED) is 0.493. The summed E-state index contributed by atoms with van der Waals surface area (Å²) in [6.07, 6.45) is 2.49. The van der Waals surface area contributed by atoms with E-state index in [-0.39, 0.29) is 29.5 Å². The summed E-state index contributed by atoms with van der Waals surface area (Å²) in [6.45, 7) is 9.60. The maximum absolute atomic E-state index is 12.5. The van der Waals surface area contributed by atoms with Crippen molar-refractivity contribution in [2.75, 3.05) is 32.8 Å². The van der Waals surface area contributed by atoms with E-state index in [2.05, 4.69) is 11.0 Å². The lowest BCUT2D eigenvalue weighted by Gasteiger charge is -2.34. The molecular weight excluding hydrogens is 436 g/mol. The smallest absolute Gasteiger partial charge is 0.305 e. The number of carbonyl (C=O) groups excluding carboxylic acids is 2. The summed E-state index contributed by atoms with van der Waals surface area (Å²) >= 11 is 0. The van der Waals surface area contributed by atoms with Crippen LogP contribution in [0.4, 0.5) is 0 Å². The number of hydrogen-bond donors (Lipinski definition) is 0. The molecule has 0 aliphatic carbocycles. The fourth-order valence-electron chi connectivity index (χ4n) is 4.09. The summed E-state index contributed by atoms with van der Waals surface area (Å²) in [7, 11) is 0. The minimum Gasteiger partial charge on any atom is -0.482 e. The van der Waals surface area contributed by atoms with Gasteiger partial charge in [-0.15, -0.1) is 0 Å². The number of amides is 1. The molecular formula is C26H34N2O6. The minimum atomic E-state index is -0.261. The molecule has 0 spiro atoms. The third kappa shape index (κ3) is 7.73. The summed E-state index contributed by atoms with van der Waals surface area (Å²) in [5, 5.41) is 0. The van der Waals surface area contributed by atoms with Gasteiger partial charge in [0.1, 0.15) is 18.6 Å². The van der Waals surface area contributed by atoms with Crippen LogP contribution < -0.4 is 10.2 Å². The second kappa shape index (κ2) is 12.4. The van der Waals surface area contributed by atoms with Gasteiger partial charge >= 0.3 is 5.97 Å². The van der Waals surface area contributed by atoms with Crippen molar-refractivity contribution in [3.63, 3.8) is 0 Å². The Hall–Kier alpha value is -3.13. The van der Waals surface area contributed by atoms with Crippen molar-refractivity contribution in [1.29, 1.82) is 0 Å². The van der Waals surface area contributed by atoms with Gasteiger partial charge in [-0.1, -0.05) is 29.3 Å². The molecule has 0 unspecified atom stereocenters. The lowest BCUT2D eigenvalue weighted by Crippen LogP contribution is -2.48. The SMILES string of the molecule is CCOC(=O)CCCC(=O)N1CCN(Cc2cc(=O)c(OCc3cc(C)cc(C)c3)co2)CC1. The first-order valence-electron chi connectivity index (χ1n) is 11.8. The van der Waals surface area contributed by atoms with E-state index in [0.29, 0.717) is 64.5 Å². The number of ether oxygens (including phenoxy) is 2. The van der Waals surface area contributed by atoms with Crippen LogP contribution in [0.5, 0.6) is 5.75 Å². The molecule has 1 aliphatic rings. The molecule has 0 N–H and O–H groups in total. The molecule has 0 bridgehead atoms. The molecule has 1 saturated heterocycles. The van der Waals surface area contributed by atoms with E-state index in [1.165, 1.54) is 12.3 Å². The molecule has 2 aromatic rings. The fourth-order valence-corrected chi connectivity index (χ4v) is 4.09. The van der Waals surface area contributed by atoms with Crippen molar-refractivity contribution in [3.8, 4) is 5.75 Å². The lowest BCUT2D eigenvalue weighted by molar-refractivity contribution is -0.143. The van der Waals surface area contributed by atoms with E-state index < -0.39 is 0 Å². The third-order valence-electron chi connectivity index (χ3n) is 5.71. The van der Waals surface area contributed by atoms with Crippen molar-refractivity contribution >= 4 is 11.9 Å². The molecule has 3 rings (SSSR count). The molecule has 0 saturated carbocycles. The van der Waals surface area contributed by atoms with E-state index in [1.807, 2.05) is 30.9 Å². The zero-order valence-corrected chi connectivity index (χ0v) is 20.3. The first kappa shape index (κ1) is 25.5. The zero-order valence-electron chi connectivity index (χ0n) is 20.3. The Kier molecular flexibility index (Phi) is 9.27. The molecule has 0 radical (unpaired) electrons. The average molecular weight is 471 g/mol. The fraction of sp³-hybridized carbons (Fsp3) is 0.500. The molecule has 8 nitrogen and oxygen atoms in total. The van der Waals surface area contributed by atoms with Gasteiger partial charge in [-0.2, -0.15) is 0 Å². The van der Waals surface area contributed by atoms with E-state index in [0.717, 1.165) is 16.7 Å². The molecule has 2 heterocycles. The molecule has 1 fully saturated rings. The Morgan fingerprint density at radius 1 is 1.00 bits per heavy atom. The van der Waals surface area contributed by atoms with Gasteiger partial charge < -0.3 is 18.8 Å². The second-order valence-electron chi connectivity index (χ2n) is 8.68. The predicted octanol–water partition coefficient (Wildman–Crippen LogP) is 3.21. The highest BCUT2D eigenvalue weighted by Gasteiger charge is 2.22. The molecule has 8 heteroatoms. The Morgan fingerprint density at radius 2 is 1.71 bits per heavy atom. The van der Waals surface area contributed by atoms with E-state index >= 15 is 0 Å². The normalized spacial score (nSPS) is 14.1. The van der Waals surface area contributed by atoms with Crippen molar-refractivity contribution in [2.45, 2.75) is 53.2 Å². The third-order valence-corrected chi connectivity index (χ3v) is 5.71. The number of benzene rings is 1. The van der Waals surface area contributed by atoms with Gasteiger partial charge in [0.05, 0.1) is 13.2 Å². The van der Waals surface area contributed by atoms with Gasteiger partial charge in [0.15, 0.2) is 0 Å². The number of hydrogen-bond acceptors (Lipinski definition) is 7. The monoisotopic (exact) mass is 470 g/mol. The number of aryl methyl sites for hydroxylation is 2. The van der Waals surface area contributed by atoms with Crippen molar-refractivity contribution in [1.82, 2.24) is 9.80 Å². The maximum Gasteiger partial charge on any atom is 0.305 e. The molecule has 34 heavy (non-hydrogen) atoms. The summed E-state index contributed by atoms with van der Waals surface area (Å²) in [6, 6.07) is 7.64. The van der Waals surface area contributed by atoms with Crippen LogP contribution in [0, 0.1) is 13.8 Å². The maximum atomic E-state index is 12.5.